The van der Waals surface area contributed by atoms with Gasteiger partial charge in [0, 0.05) is 61.8 Å². The van der Waals surface area contributed by atoms with Gasteiger partial charge in [-0.2, -0.15) is 5.26 Å². The number of fused-ring (bicyclic) bond motifs is 1. The summed E-state index contributed by atoms with van der Waals surface area (Å²) in [5, 5.41) is 32.3. The van der Waals surface area contributed by atoms with Crippen LogP contribution in [0.25, 0.3) is 22.3 Å². The third-order valence-electron chi connectivity index (χ3n) is 10.6. The summed E-state index contributed by atoms with van der Waals surface area (Å²) in [6, 6.07) is 27.7. The lowest BCUT2D eigenvalue weighted by Crippen LogP contribution is -2.26. The largest absolute Gasteiger partial charge is 0.488 e. The molecule has 2 atom stereocenters. The van der Waals surface area contributed by atoms with Crippen molar-refractivity contribution in [1.82, 2.24) is 15.2 Å². The predicted octanol–water partition coefficient (Wildman–Crippen LogP) is 7.85. The predicted molar refractivity (Wildman–Crippen MR) is 208 cm³/mol. The van der Waals surface area contributed by atoms with Crippen molar-refractivity contribution in [1.29, 1.82) is 5.26 Å². The van der Waals surface area contributed by atoms with Crippen molar-refractivity contribution in [3.63, 3.8) is 0 Å². The zero-order valence-electron chi connectivity index (χ0n) is 30.2. The molecule has 53 heavy (non-hydrogen) atoms. The lowest BCUT2D eigenvalue weighted by atomic mass is 9.89. The van der Waals surface area contributed by atoms with Crippen LogP contribution in [-0.2, 0) is 26.2 Å². The number of aliphatic hydroxyl groups excluding tert-OH is 2. The van der Waals surface area contributed by atoms with E-state index in [0.717, 1.165) is 60.2 Å². The summed E-state index contributed by atoms with van der Waals surface area (Å²) < 4.78 is 12.6. The number of β-amino-alcohol motifs (C(OH)–C–C–N with tert-alkyl or cyclic N) is 1. The number of rotatable bonds is 13. The first-order valence-electron chi connectivity index (χ1n) is 18.3. The summed E-state index contributed by atoms with van der Waals surface area (Å²) >= 11 is 6.77. The number of nitrogens with zero attached hydrogens (tertiary/aromatic N) is 3. The molecule has 0 bridgehead atoms. The first kappa shape index (κ1) is 36.6. The van der Waals surface area contributed by atoms with Crippen molar-refractivity contribution >= 4 is 11.6 Å². The number of hydrogen-bond donors (Lipinski definition) is 3. The number of pyridine rings is 1. The highest BCUT2D eigenvalue weighted by Gasteiger charge is 2.32. The molecule has 1 fully saturated rings. The average molecular weight is 729 g/mol. The Morgan fingerprint density at radius 2 is 1.70 bits per heavy atom. The van der Waals surface area contributed by atoms with Crippen LogP contribution in [0, 0.1) is 25.2 Å². The zero-order valence-corrected chi connectivity index (χ0v) is 31.0. The van der Waals surface area contributed by atoms with E-state index in [1.165, 1.54) is 39.6 Å². The van der Waals surface area contributed by atoms with Crippen LogP contribution in [0.5, 0.6) is 11.5 Å². The molecule has 0 amide bonds. The number of ether oxygens (including phenoxy) is 2. The first-order chi connectivity index (χ1) is 25.8. The molecule has 1 saturated heterocycles. The molecule has 2 heterocycles. The first-order valence-corrected chi connectivity index (χ1v) is 18.7. The maximum absolute atomic E-state index is 10.1. The van der Waals surface area contributed by atoms with Crippen LogP contribution in [0.4, 0.5) is 0 Å². The molecular weight excluding hydrogens is 684 g/mol. The summed E-state index contributed by atoms with van der Waals surface area (Å²) in [7, 11) is 0. The smallest absolute Gasteiger partial charge is 0.142 e. The van der Waals surface area contributed by atoms with Gasteiger partial charge in [-0.25, -0.2) is 0 Å². The van der Waals surface area contributed by atoms with Gasteiger partial charge in [0.1, 0.15) is 30.8 Å². The molecule has 2 aliphatic rings. The number of aliphatic hydroxyl groups is 2. The highest BCUT2D eigenvalue weighted by atomic mass is 35.5. The Hall–Kier alpha value is -4.75. The van der Waals surface area contributed by atoms with Gasteiger partial charge in [-0.3, -0.25) is 9.88 Å². The molecular formula is C44H45ClN4O4. The van der Waals surface area contributed by atoms with Crippen LogP contribution >= 0.6 is 11.6 Å². The van der Waals surface area contributed by atoms with E-state index in [1.807, 2.05) is 6.07 Å². The molecule has 1 aromatic heterocycles. The van der Waals surface area contributed by atoms with Gasteiger partial charge in [-0.05, 0) is 95.3 Å². The Morgan fingerprint density at radius 3 is 2.49 bits per heavy atom. The zero-order chi connectivity index (χ0) is 36.9. The summed E-state index contributed by atoms with van der Waals surface area (Å²) in [5.41, 5.74) is 13.1. The van der Waals surface area contributed by atoms with E-state index in [-0.39, 0.29) is 19.3 Å². The van der Waals surface area contributed by atoms with Crippen LogP contribution < -0.4 is 14.8 Å². The Labute approximate surface area is 316 Å². The molecule has 7 rings (SSSR count). The van der Waals surface area contributed by atoms with E-state index in [0.29, 0.717) is 47.8 Å². The molecule has 272 valence electrons. The number of aromatic nitrogens is 1. The van der Waals surface area contributed by atoms with Crippen LogP contribution in [0.1, 0.15) is 63.4 Å². The maximum atomic E-state index is 10.1. The van der Waals surface area contributed by atoms with E-state index in [4.69, 9.17) is 21.1 Å². The molecule has 9 heteroatoms. The van der Waals surface area contributed by atoms with Gasteiger partial charge < -0.3 is 25.0 Å². The minimum absolute atomic E-state index is 0.0143. The van der Waals surface area contributed by atoms with Crippen molar-refractivity contribution in [3.8, 4) is 39.8 Å². The maximum Gasteiger partial charge on any atom is 0.142 e. The molecule has 0 radical (unpaired) electrons. The van der Waals surface area contributed by atoms with Crippen molar-refractivity contribution in [3.05, 3.63) is 135 Å². The topological polar surface area (TPSA) is 111 Å². The van der Waals surface area contributed by atoms with Gasteiger partial charge in [-0.1, -0.05) is 66.2 Å². The summed E-state index contributed by atoms with van der Waals surface area (Å²) in [6.07, 6.45) is 6.03. The standard InChI is InChI=1S/C44H45ClN4O4/c1-28-34(27-53-44-20-43(35(19-41(44)45)24-47-14-16-50)52-26-31-17-30(21-46)22-48-23-31)5-3-7-38(28)39-8-4-6-37(29(39)2)32-9-11-40-33(18-32)10-12-42(40)49-15-13-36(51)25-49/h3-9,11,17-20,22-23,36,42,47,50-51H,10,12-16,24-27H2,1-2H3. The number of nitriles is 1. The fourth-order valence-corrected chi connectivity index (χ4v) is 8.01. The molecule has 4 aromatic carbocycles. The fraction of sp³-hybridized carbons (Fsp3) is 0.318. The quantitative estimate of drug-likeness (QED) is 0.105. The van der Waals surface area contributed by atoms with Crippen LogP contribution in [0.15, 0.2) is 85.2 Å². The Kier molecular flexibility index (Phi) is 11.4. The van der Waals surface area contributed by atoms with Gasteiger partial charge in [0.25, 0.3) is 0 Å². The minimum atomic E-state index is -0.204. The fourth-order valence-electron chi connectivity index (χ4n) is 7.77. The highest BCUT2D eigenvalue weighted by Crippen LogP contribution is 2.41. The lowest BCUT2D eigenvalue weighted by molar-refractivity contribution is 0.159. The van der Waals surface area contributed by atoms with Gasteiger partial charge >= 0.3 is 0 Å². The third kappa shape index (κ3) is 8.11. The molecule has 1 aliphatic heterocycles. The van der Waals surface area contributed by atoms with Crippen LogP contribution in [0.3, 0.4) is 0 Å². The molecule has 3 N–H and O–H groups in total. The van der Waals surface area contributed by atoms with E-state index >= 15 is 0 Å². The van der Waals surface area contributed by atoms with Crippen molar-refractivity contribution < 1.29 is 19.7 Å². The van der Waals surface area contributed by atoms with E-state index < -0.39 is 0 Å². The molecule has 0 saturated carbocycles. The normalized spacial score (nSPS) is 16.8. The lowest BCUT2D eigenvalue weighted by Gasteiger charge is -2.24. The van der Waals surface area contributed by atoms with Crippen LogP contribution in [0.2, 0.25) is 5.02 Å². The summed E-state index contributed by atoms with van der Waals surface area (Å²) in [5.74, 6) is 1.09. The van der Waals surface area contributed by atoms with E-state index in [2.05, 4.69) is 89.7 Å². The van der Waals surface area contributed by atoms with Gasteiger partial charge in [0.05, 0.1) is 23.3 Å². The van der Waals surface area contributed by atoms with E-state index in [1.54, 1.807) is 18.3 Å². The van der Waals surface area contributed by atoms with E-state index in [9.17, 15) is 15.5 Å². The number of nitrogens with one attached hydrogen (secondary N) is 1. The Bertz CT molecular complexity index is 2150. The second kappa shape index (κ2) is 16.5. The number of likely N-dealkylation sites (tertiary alicyclic amines) is 1. The number of aryl methyl sites for hydroxylation is 1. The van der Waals surface area contributed by atoms with Crippen molar-refractivity contribution in [2.45, 2.75) is 65.0 Å². The minimum Gasteiger partial charge on any atom is -0.488 e. The van der Waals surface area contributed by atoms with Gasteiger partial charge in [-0.15, -0.1) is 0 Å². The van der Waals surface area contributed by atoms with Gasteiger partial charge in [0.2, 0.25) is 0 Å². The van der Waals surface area contributed by atoms with Gasteiger partial charge in [0.15, 0.2) is 0 Å². The van der Waals surface area contributed by atoms with Crippen LogP contribution in [-0.4, -0.2) is 52.4 Å². The molecule has 0 spiro atoms. The van der Waals surface area contributed by atoms with Crippen molar-refractivity contribution in [2.24, 2.45) is 0 Å². The number of benzene rings is 4. The van der Waals surface area contributed by atoms with Crippen molar-refractivity contribution in [2.75, 3.05) is 26.2 Å². The molecule has 1 aliphatic carbocycles. The molecule has 2 unspecified atom stereocenters. The Morgan fingerprint density at radius 1 is 0.906 bits per heavy atom. The number of hydrogen-bond acceptors (Lipinski definition) is 8. The highest BCUT2D eigenvalue weighted by molar-refractivity contribution is 6.32. The Balaban J connectivity index is 1.10. The SMILES string of the molecule is Cc1c(COc2cc(OCc3cncc(C#N)c3)c(CNCCO)cc2Cl)cccc1-c1cccc(-c2ccc3c(c2)CCC3N2CCC(O)C2)c1C. The molecule has 5 aromatic rings. The molecule has 8 nitrogen and oxygen atoms in total. The third-order valence-corrected chi connectivity index (χ3v) is 10.9. The second-order valence-electron chi connectivity index (χ2n) is 14.0. The summed E-state index contributed by atoms with van der Waals surface area (Å²) in [4.78, 5) is 6.59. The monoisotopic (exact) mass is 728 g/mol. The summed E-state index contributed by atoms with van der Waals surface area (Å²) in [6.45, 7) is 7.50. The average Bonchev–Trinajstić information content (AvgIpc) is 3.80. The number of halogens is 1. The second-order valence-corrected chi connectivity index (χ2v) is 14.4.